The first-order valence-electron chi connectivity index (χ1n) is 10.8. The summed E-state index contributed by atoms with van der Waals surface area (Å²) in [5.74, 6) is -1.20. The summed E-state index contributed by atoms with van der Waals surface area (Å²) in [6.07, 6.45) is 1.75. The van der Waals surface area contributed by atoms with E-state index in [1.807, 2.05) is 0 Å². The molecule has 2 saturated heterocycles. The zero-order valence-corrected chi connectivity index (χ0v) is 21.9. The van der Waals surface area contributed by atoms with Crippen molar-refractivity contribution in [3.8, 4) is 0 Å². The van der Waals surface area contributed by atoms with E-state index in [2.05, 4.69) is 20.4 Å². The maximum atomic E-state index is 13.0. The number of nitrogens with zero attached hydrogens (tertiary/aromatic N) is 5. The van der Waals surface area contributed by atoms with Gasteiger partial charge in [-0.15, -0.1) is 23.1 Å². The molecule has 0 spiro atoms. The molecule has 0 aliphatic carbocycles. The molecule has 6 N–H and O–H groups in total. The number of carbonyl (C=O) groups excluding carboxylic acids is 2. The maximum absolute atomic E-state index is 13.0. The van der Waals surface area contributed by atoms with Crippen LogP contribution in [0.3, 0.4) is 0 Å². The van der Waals surface area contributed by atoms with E-state index in [-0.39, 0.29) is 47.1 Å². The fourth-order valence-electron chi connectivity index (χ4n) is 3.66. The highest BCUT2D eigenvalue weighted by molar-refractivity contribution is 8.00. The molecule has 13 nitrogen and oxygen atoms in total. The van der Waals surface area contributed by atoms with Crippen molar-refractivity contribution in [2.45, 2.75) is 23.5 Å². The number of aromatic nitrogens is 3. The van der Waals surface area contributed by atoms with Crippen LogP contribution < -0.4 is 21.4 Å². The van der Waals surface area contributed by atoms with Crippen LogP contribution in [0.5, 0.6) is 0 Å². The van der Waals surface area contributed by atoms with Gasteiger partial charge in [-0.2, -0.15) is 0 Å². The average Bonchev–Trinajstić information content (AvgIpc) is 3.28. The Morgan fingerprint density at radius 3 is 2.89 bits per heavy atom. The molecule has 0 bridgehead atoms. The van der Waals surface area contributed by atoms with E-state index >= 15 is 0 Å². The highest BCUT2D eigenvalue weighted by atomic mass is 32.2. The lowest BCUT2D eigenvalue weighted by atomic mass is 9.89. The minimum absolute atomic E-state index is 0.0206. The number of aryl methyl sites for hydroxylation is 1. The van der Waals surface area contributed by atoms with Gasteiger partial charge < -0.3 is 31.6 Å². The number of nitrogens with one attached hydrogen (secondary N) is 1. The fraction of sp³-hybridized carbons (Fsp3) is 0.450. The Hall–Kier alpha value is -3.11. The lowest BCUT2D eigenvalue weighted by Crippen LogP contribution is -2.74. The lowest BCUT2D eigenvalue weighted by Gasteiger charge is -2.53. The summed E-state index contributed by atoms with van der Waals surface area (Å²) in [7, 11) is 1.79. The van der Waals surface area contributed by atoms with E-state index < -0.39 is 28.7 Å². The zero-order chi connectivity index (χ0) is 26.0. The summed E-state index contributed by atoms with van der Waals surface area (Å²) in [4.78, 5) is 53.1. The van der Waals surface area contributed by atoms with Crippen LogP contribution in [-0.2, 0) is 26.3 Å². The number of oxime groups is 1. The second-order valence-electron chi connectivity index (χ2n) is 8.17. The molecule has 2 aliphatic rings. The van der Waals surface area contributed by atoms with Crippen LogP contribution in [0.15, 0.2) is 28.0 Å². The lowest BCUT2D eigenvalue weighted by molar-refractivity contribution is -0.713. The smallest absolute Gasteiger partial charge is 0.361 e. The number of rotatable bonds is 9. The Morgan fingerprint density at radius 1 is 1.44 bits per heavy atom. The SMILES string of the molecule is CCON=C(C(=O)NC1C(=O)N2CC(CSc3nc(N)cc[n+]3C)(C(=O)O)CS[C@H]12)c1csc(N)n1. The topological polar surface area (TPSA) is 190 Å². The van der Waals surface area contributed by atoms with E-state index in [1.165, 1.54) is 28.4 Å². The minimum Gasteiger partial charge on any atom is -0.481 e. The Labute approximate surface area is 218 Å². The molecule has 2 amide bonds. The number of anilines is 2. The van der Waals surface area contributed by atoms with Crippen molar-refractivity contribution in [2.24, 2.45) is 17.6 Å². The molecule has 4 rings (SSSR count). The number of β-lactam (4-membered cyclic amide) rings is 1. The van der Waals surface area contributed by atoms with Gasteiger partial charge in [0.1, 0.15) is 29.1 Å². The van der Waals surface area contributed by atoms with E-state index in [4.69, 9.17) is 16.3 Å². The van der Waals surface area contributed by atoms with Crippen molar-refractivity contribution in [3.05, 3.63) is 23.3 Å². The van der Waals surface area contributed by atoms with Gasteiger partial charge in [-0.05, 0) is 23.7 Å². The van der Waals surface area contributed by atoms with Gasteiger partial charge in [-0.1, -0.05) is 5.16 Å². The molecular weight excluding hydrogens is 528 g/mol. The molecule has 2 aromatic rings. The number of nitrogens with two attached hydrogens (primary N) is 2. The molecule has 2 unspecified atom stereocenters. The number of thioether (sulfide) groups is 2. The van der Waals surface area contributed by atoms with Crippen LogP contribution in [0.4, 0.5) is 10.9 Å². The Morgan fingerprint density at radius 2 is 2.22 bits per heavy atom. The van der Waals surface area contributed by atoms with Crippen LogP contribution in [0.2, 0.25) is 0 Å². The Bertz CT molecular complexity index is 1220. The first-order valence-corrected chi connectivity index (χ1v) is 13.7. The number of carboxylic acid groups (broad SMARTS) is 1. The van der Waals surface area contributed by atoms with E-state index in [0.29, 0.717) is 11.0 Å². The van der Waals surface area contributed by atoms with Crippen LogP contribution >= 0.6 is 34.9 Å². The first-order chi connectivity index (χ1) is 17.1. The second kappa shape index (κ2) is 10.5. The third-order valence-corrected chi connectivity index (χ3v) is 9.22. The second-order valence-corrected chi connectivity index (χ2v) is 11.1. The molecule has 16 heteroatoms. The van der Waals surface area contributed by atoms with Crippen LogP contribution in [-0.4, -0.2) is 79.5 Å². The summed E-state index contributed by atoms with van der Waals surface area (Å²) in [6.45, 7) is 1.98. The van der Waals surface area contributed by atoms with Crippen LogP contribution in [0.25, 0.3) is 0 Å². The van der Waals surface area contributed by atoms with Gasteiger partial charge in [0.25, 0.3) is 5.91 Å². The molecule has 2 aromatic heterocycles. The zero-order valence-electron chi connectivity index (χ0n) is 19.4. The van der Waals surface area contributed by atoms with Gasteiger partial charge in [0, 0.05) is 29.5 Å². The number of carboxylic acids is 1. The summed E-state index contributed by atoms with van der Waals surface area (Å²) in [6, 6.07) is 0.831. The molecular formula is C20H25N8O5S3+. The van der Waals surface area contributed by atoms with Crippen molar-refractivity contribution in [2.75, 3.05) is 36.1 Å². The number of nitrogen functional groups attached to an aromatic ring is 2. The molecule has 2 fully saturated rings. The van der Waals surface area contributed by atoms with Gasteiger partial charge >= 0.3 is 11.1 Å². The van der Waals surface area contributed by atoms with Gasteiger partial charge in [0.15, 0.2) is 10.8 Å². The Balaban J connectivity index is 1.44. The normalized spacial score (nSPS) is 23.6. The average molecular weight is 554 g/mol. The van der Waals surface area contributed by atoms with Crippen molar-refractivity contribution in [3.63, 3.8) is 0 Å². The van der Waals surface area contributed by atoms with E-state index in [1.54, 1.807) is 36.2 Å². The highest BCUT2D eigenvalue weighted by Gasteiger charge is 2.57. The number of hydrogen-bond donors (Lipinski definition) is 4. The number of hydrogen-bond acceptors (Lipinski definition) is 12. The van der Waals surface area contributed by atoms with Crippen molar-refractivity contribution in [1.82, 2.24) is 20.2 Å². The fourth-order valence-corrected chi connectivity index (χ4v) is 7.04. The Kier molecular flexibility index (Phi) is 7.56. The quantitative estimate of drug-likeness (QED) is 0.0784. The predicted octanol–water partition coefficient (Wildman–Crippen LogP) is -0.469. The number of amides is 2. The minimum atomic E-state index is -1.19. The third-order valence-electron chi connectivity index (χ3n) is 5.62. The van der Waals surface area contributed by atoms with Gasteiger partial charge in [0.2, 0.25) is 11.7 Å². The number of aliphatic carboxylic acids is 1. The molecule has 0 radical (unpaired) electrons. The first kappa shape index (κ1) is 26.0. The van der Waals surface area contributed by atoms with Gasteiger partial charge in [-0.3, -0.25) is 14.4 Å². The molecule has 4 heterocycles. The monoisotopic (exact) mass is 553 g/mol. The number of carbonyl (C=O) groups is 3. The largest absolute Gasteiger partial charge is 0.481 e. The van der Waals surface area contributed by atoms with E-state index in [0.717, 1.165) is 11.3 Å². The van der Waals surface area contributed by atoms with Crippen LogP contribution in [0.1, 0.15) is 12.6 Å². The predicted molar refractivity (Wildman–Crippen MR) is 135 cm³/mol. The molecule has 0 saturated carbocycles. The third kappa shape index (κ3) is 5.05. The van der Waals surface area contributed by atoms with Crippen molar-refractivity contribution < 1.29 is 28.9 Å². The maximum Gasteiger partial charge on any atom is 0.361 e. The van der Waals surface area contributed by atoms with Gasteiger partial charge in [-0.25, -0.2) is 9.55 Å². The molecule has 2 aliphatic heterocycles. The molecule has 0 aromatic carbocycles. The van der Waals surface area contributed by atoms with Crippen molar-refractivity contribution >= 4 is 69.3 Å². The van der Waals surface area contributed by atoms with Crippen molar-refractivity contribution in [1.29, 1.82) is 0 Å². The number of fused-ring (bicyclic) bond motifs is 1. The summed E-state index contributed by atoms with van der Waals surface area (Å²) in [5, 5.41) is 18.6. The standard InChI is InChI=1S/C20H24N8O5S3/c1-3-33-26-12(10-6-34-18(22)23-10)14(29)25-13-15(30)28-7-20(17(31)32,8-35-16(13)28)9-36-19-24-11(21)4-5-27(19)2/h4-6,13,16,21H,3,7-9H2,1-2H3,(H4,22,23,25,29,31,32)/p+1/t13?,16-,20?/m1/s1. The molecule has 3 atom stereocenters. The highest BCUT2D eigenvalue weighted by Crippen LogP contribution is 2.44. The summed E-state index contributed by atoms with van der Waals surface area (Å²) in [5.41, 5.74) is 10.4. The number of thiazole rings is 1. The van der Waals surface area contributed by atoms with Crippen LogP contribution in [0, 0.1) is 5.41 Å². The molecule has 36 heavy (non-hydrogen) atoms. The summed E-state index contributed by atoms with van der Waals surface area (Å²) < 4.78 is 1.76. The van der Waals surface area contributed by atoms with Gasteiger partial charge in [0.05, 0.1) is 13.2 Å². The summed E-state index contributed by atoms with van der Waals surface area (Å²) >= 11 is 3.73. The van der Waals surface area contributed by atoms with E-state index in [9.17, 15) is 19.5 Å². The molecule has 192 valence electrons.